The molecule has 0 aliphatic carbocycles. The smallest absolute Gasteiger partial charge is 0.328 e. The number of amides is 1. The molecule has 0 radical (unpaired) electrons. The number of aliphatic carboxylic acids is 1. The number of carboxylic acids is 1. The number of carboxylic acid groups (broad SMARTS) is 1. The van der Waals surface area contributed by atoms with Gasteiger partial charge in [0.25, 0.3) is 5.91 Å². The summed E-state index contributed by atoms with van der Waals surface area (Å²) in [6.07, 6.45) is 0.922. The molecular formula is C13H16N2O4. The quantitative estimate of drug-likeness (QED) is 0.588. The summed E-state index contributed by atoms with van der Waals surface area (Å²) in [6, 6.07) is 4.05. The van der Waals surface area contributed by atoms with E-state index in [9.17, 15) is 9.59 Å². The van der Waals surface area contributed by atoms with E-state index in [4.69, 9.17) is 10.2 Å². The minimum absolute atomic E-state index is 0.405. The molecule has 1 unspecified atom stereocenters. The Morgan fingerprint density at radius 2 is 2.16 bits per heavy atom. The van der Waals surface area contributed by atoms with Gasteiger partial charge in [0.05, 0.1) is 6.61 Å². The van der Waals surface area contributed by atoms with E-state index < -0.39 is 24.5 Å². The lowest BCUT2D eigenvalue weighted by molar-refractivity contribution is -0.140. The van der Waals surface area contributed by atoms with Crippen LogP contribution in [-0.2, 0) is 17.8 Å². The number of hydrogen-bond acceptors (Lipinski definition) is 4. The van der Waals surface area contributed by atoms with Crippen molar-refractivity contribution >= 4 is 11.9 Å². The van der Waals surface area contributed by atoms with Crippen LogP contribution < -0.4 is 10.6 Å². The number of rotatable bonds is 4. The van der Waals surface area contributed by atoms with Crippen molar-refractivity contribution in [3.05, 3.63) is 34.9 Å². The molecule has 6 nitrogen and oxygen atoms in total. The first-order valence-corrected chi connectivity index (χ1v) is 6.09. The van der Waals surface area contributed by atoms with Crippen LogP contribution in [0.5, 0.6) is 0 Å². The fourth-order valence-corrected chi connectivity index (χ4v) is 2.05. The number of aliphatic hydroxyl groups is 1. The van der Waals surface area contributed by atoms with E-state index in [2.05, 4.69) is 10.6 Å². The molecule has 0 fully saturated rings. The zero-order valence-electron chi connectivity index (χ0n) is 10.3. The molecule has 1 aromatic carbocycles. The van der Waals surface area contributed by atoms with Crippen molar-refractivity contribution in [2.45, 2.75) is 19.0 Å². The van der Waals surface area contributed by atoms with Crippen molar-refractivity contribution in [2.24, 2.45) is 0 Å². The SMILES string of the molecule is O=C(NC(CO)C(=O)O)c1ccc2c(c1)CNCC2. The van der Waals surface area contributed by atoms with Crippen LogP contribution in [0.3, 0.4) is 0 Å². The summed E-state index contributed by atoms with van der Waals surface area (Å²) in [5.74, 6) is -1.75. The fraction of sp³-hybridized carbons (Fsp3) is 0.385. The highest BCUT2D eigenvalue weighted by molar-refractivity contribution is 5.96. The predicted molar refractivity (Wildman–Crippen MR) is 67.8 cm³/mol. The van der Waals surface area contributed by atoms with Crippen molar-refractivity contribution in [1.82, 2.24) is 10.6 Å². The molecule has 1 atom stereocenters. The van der Waals surface area contributed by atoms with Gasteiger partial charge in [-0.1, -0.05) is 6.07 Å². The second-order valence-corrected chi connectivity index (χ2v) is 4.46. The topological polar surface area (TPSA) is 98.7 Å². The third-order valence-corrected chi connectivity index (χ3v) is 3.14. The van der Waals surface area contributed by atoms with Gasteiger partial charge in [-0.15, -0.1) is 0 Å². The van der Waals surface area contributed by atoms with Gasteiger partial charge in [-0.05, 0) is 36.2 Å². The predicted octanol–water partition coefficient (Wildman–Crippen LogP) is -0.492. The number of carbonyl (C=O) groups excluding carboxylic acids is 1. The molecule has 0 aromatic heterocycles. The van der Waals surface area contributed by atoms with Gasteiger partial charge < -0.3 is 20.8 Å². The Morgan fingerprint density at radius 1 is 1.37 bits per heavy atom. The lowest BCUT2D eigenvalue weighted by atomic mass is 9.98. The van der Waals surface area contributed by atoms with Gasteiger partial charge in [-0.25, -0.2) is 4.79 Å². The minimum atomic E-state index is -1.28. The standard InChI is InChI=1S/C13H16N2O4/c16-7-11(13(18)19)15-12(17)9-2-1-8-3-4-14-6-10(8)5-9/h1-2,5,11,14,16H,3-4,6-7H2,(H,15,17)(H,18,19). The molecule has 1 aliphatic rings. The molecule has 4 N–H and O–H groups in total. The van der Waals surface area contributed by atoms with Crippen LogP contribution in [0.4, 0.5) is 0 Å². The summed E-state index contributed by atoms with van der Waals surface area (Å²) in [5, 5.41) is 23.1. The summed E-state index contributed by atoms with van der Waals surface area (Å²) in [5.41, 5.74) is 2.66. The van der Waals surface area contributed by atoms with E-state index in [-0.39, 0.29) is 0 Å². The van der Waals surface area contributed by atoms with E-state index in [0.717, 1.165) is 18.5 Å². The highest BCUT2D eigenvalue weighted by atomic mass is 16.4. The monoisotopic (exact) mass is 264 g/mol. The Labute approximate surface area is 110 Å². The van der Waals surface area contributed by atoms with Gasteiger partial charge in [0.1, 0.15) is 0 Å². The molecule has 1 amide bonds. The van der Waals surface area contributed by atoms with Crippen LogP contribution in [0.1, 0.15) is 21.5 Å². The third-order valence-electron chi connectivity index (χ3n) is 3.14. The van der Waals surface area contributed by atoms with Crippen LogP contribution in [0.2, 0.25) is 0 Å². The Kier molecular flexibility index (Phi) is 4.13. The lowest BCUT2D eigenvalue weighted by Gasteiger charge is -2.18. The maximum absolute atomic E-state index is 11.9. The maximum Gasteiger partial charge on any atom is 0.328 e. The second kappa shape index (κ2) is 5.81. The molecule has 0 spiro atoms. The molecule has 0 saturated carbocycles. The molecule has 1 heterocycles. The molecule has 6 heteroatoms. The lowest BCUT2D eigenvalue weighted by Crippen LogP contribution is -2.43. The normalized spacial score (nSPS) is 15.4. The summed E-state index contributed by atoms with van der Waals surface area (Å²) in [7, 11) is 0. The van der Waals surface area contributed by atoms with Gasteiger partial charge >= 0.3 is 5.97 Å². The zero-order chi connectivity index (χ0) is 13.8. The van der Waals surface area contributed by atoms with Crippen LogP contribution in [0.15, 0.2) is 18.2 Å². The zero-order valence-corrected chi connectivity index (χ0v) is 10.3. The second-order valence-electron chi connectivity index (χ2n) is 4.46. The highest BCUT2D eigenvalue weighted by Crippen LogP contribution is 2.15. The number of benzene rings is 1. The van der Waals surface area contributed by atoms with Crippen molar-refractivity contribution in [3.63, 3.8) is 0 Å². The van der Waals surface area contributed by atoms with E-state index in [0.29, 0.717) is 12.1 Å². The first-order valence-electron chi connectivity index (χ1n) is 6.09. The van der Waals surface area contributed by atoms with Gasteiger partial charge in [0.2, 0.25) is 0 Å². The van der Waals surface area contributed by atoms with Crippen LogP contribution in [0.25, 0.3) is 0 Å². The summed E-state index contributed by atoms with van der Waals surface area (Å²) in [6.45, 7) is 0.997. The van der Waals surface area contributed by atoms with Crippen LogP contribution >= 0.6 is 0 Å². The van der Waals surface area contributed by atoms with E-state index in [1.807, 2.05) is 6.07 Å². The summed E-state index contributed by atoms with van der Waals surface area (Å²) < 4.78 is 0. The average Bonchev–Trinajstić information content (AvgIpc) is 2.43. The van der Waals surface area contributed by atoms with E-state index in [1.54, 1.807) is 12.1 Å². The molecule has 102 valence electrons. The largest absolute Gasteiger partial charge is 0.480 e. The molecule has 2 rings (SSSR count). The third kappa shape index (κ3) is 3.10. The number of nitrogens with one attached hydrogen (secondary N) is 2. The van der Waals surface area contributed by atoms with Gasteiger partial charge in [0.15, 0.2) is 6.04 Å². The molecule has 0 bridgehead atoms. The maximum atomic E-state index is 11.9. The average molecular weight is 264 g/mol. The molecular weight excluding hydrogens is 248 g/mol. The number of carbonyl (C=O) groups is 2. The minimum Gasteiger partial charge on any atom is -0.480 e. The van der Waals surface area contributed by atoms with Crippen LogP contribution in [-0.4, -0.2) is 41.3 Å². The van der Waals surface area contributed by atoms with Crippen molar-refractivity contribution in [3.8, 4) is 0 Å². The molecule has 1 aliphatic heterocycles. The van der Waals surface area contributed by atoms with E-state index >= 15 is 0 Å². The molecule has 1 aromatic rings. The highest BCUT2D eigenvalue weighted by Gasteiger charge is 2.20. The van der Waals surface area contributed by atoms with Gasteiger partial charge in [-0.3, -0.25) is 4.79 Å². The van der Waals surface area contributed by atoms with Crippen molar-refractivity contribution in [2.75, 3.05) is 13.2 Å². The Balaban J connectivity index is 2.13. The number of aliphatic hydroxyl groups excluding tert-OH is 1. The van der Waals surface area contributed by atoms with E-state index in [1.165, 1.54) is 5.56 Å². The summed E-state index contributed by atoms with van der Waals surface area (Å²) >= 11 is 0. The summed E-state index contributed by atoms with van der Waals surface area (Å²) in [4.78, 5) is 22.6. The number of hydrogen-bond donors (Lipinski definition) is 4. The van der Waals surface area contributed by atoms with Crippen molar-refractivity contribution in [1.29, 1.82) is 0 Å². The first-order chi connectivity index (χ1) is 9.11. The Bertz CT molecular complexity index is 501. The number of fused-ring (bicyclic) bond motifs is 1. The first kappa shape index (κ1) is 13.5. The molecule has 19 heavy (non-hydrogen) atoms. The fourth-order valence-electron chi connectivity index (χ4n) is 2.05. The van der Waals surface area contributed by atoms with Crippen LogP contribution in [0, 0.1) is 0 Å². The Hall–Kier alpha value is -1.92. The van der Waals surface area contributed by atoms with Crippen molar-refractivity contribution < 1.29 is 19.8 Å². The van der Waals surface area contributed by atoms with Gasteiger partial charge in [0, 0.05) is 12.1 Å². The Morgan fingerprint density at radius 3 is 2.84 bits per heavy atom. The van der Waals surface area contributed by atoms with Gasteiger partial charge in [-0.2, -0.15) is 0 Å². The molecule has 0 saturated heterocycles.